The second-order valence-corrected chi connectivity index (χ2v) is 6.20. The normalized spacial score (nSPS) is 10.8. The molecule has 0 atom stereocenters. The van der Waals surface area contributed by atoms with E-state index in [0.29, 0.717) is 22.1 Å². The number of aromatic nitrogens is 2. The van der Waals surface area contributed by atoms with Crippen LogP contribution in [0.1, 0.15) is 11.4 Å². The molecule has 21 heavy (non-hydrogen) atoms. The fraction of sp³-hybridized carbons (Fsp3) is 0.154. The van der Waals surface area contributed by atoms with E-state index in [-0.39, 0.29) is 11.6 Å². The van der Waals surface area contributed by atoms with Crippen LogP contribution in [0.2, 0.25) is 5.02 Å². The highest BCUT2D eigenvalue weighted by Gasteiger charge is 2.17. The number of anilines is 1. The van der Waals surface area contributed by atoms with Gasteiger partial charge in [-0.2, -0.15) is 8.42 Å². The summed E-state index contributed by atoms with van der Waals surface area (Å²) in [6.07, 6.45) is 1.25. The highest BCUT2D eigenvalue weighted by atomic mass is 35.5. The molecule has 0 amide bonds. The first kappa shape index (κ1) is 15.4. The van der Waals surface area contributed by atoms with E-state index in [4.69, 9.17) is 17.3 Å². The van der Waals surface area contributed by atoms with Gasteiger partial charge in [-0.1, -0.05) is 23.4 Å². The lowest BCUT2D eigenvalue weighted by Gasteiger charge is -2.07. The van der Waals surface area contributed by atoms with E-state index in [2.05, 4.69) is 26.5 Å². The number of aryl methyl sites for hydroxylation is 1. The molecule has 0 saturated heterocycles. The summed E-state index contributed by atoms with van der Waals surface area (Å²) < 4.78 is 26.7. The first-order valence-corrected chi connectivity index (χ1v) is 7.81. The van der Waals surface area contributed by atoms with Crippen LogP contribution in [-0.2, 0) is 10.0 Å². The number of benzene rings is 1. The lowest BCUT2D eigenvalue weighted by atomic mass is 10.2. The minimum absolute atomic E-state index is 0.00968. The van der Waals surface area contributed by atoms with E-state index in [1.165, 1.54) is 6.20 Å². The predicted octanol–water partition coefficient (Wildman–Crippen LogP) is 1.48. The molecule has 1 aromatic heterocycles. The Hall–Kier alpha value is -2.01. The van der Waals surface area contributed by atoms with Gasteiger partial charge in [0.15, 0.2) is 5.03 Å². The van der Waals surface area contributed by atoms with Crippen molar-refractivity contribution in [2.45, 2.75) is 11.9 Å². The molecule has 0 aliphatic heterocycles. The SMILES string of the molecule is Cc1ncc(S(=O)(=O)Nc2ccc(Cl)c(C#CCN)c2)[nH]1. The van der Waals surface area contributed by atoms with E-state index in [9.17, 15) is 8.42 Å². The number of rotatable bonds is 3. The largest absolute Gasteiger partial charge is 0.332 e. The number of imidazole rings is 1. The van der Waals surface area contributed by atoms with Crippen molar-refractivity contribution in [3.8, 4) is 11.8 Å². The van der Waals surface area contributed by atoms with Gasteiger partial charge in [-0.05, 0) is 25.1 Å². The zero-order chi connectivity index (χ0) is 15.5. The van der Waals surface area contributed by atoms with Crippen molar-refractivity contribution in [2.75, 3.05) is 11.3 Å². The fourth-order valence-corrected chi connectivity index (χ4v) is 2.76. The van der Waals surface area contributed by atoms with Crippen molar-refractivity contribution < 1.29 is 8.42 Å². The standard InChI is InChI=1S/C13H13ClN4O2S/c1-9-16-8-13(17-9)21(19,20)18-11-4-5-12(14)10(7-11)3-2-6-15/h4-5,7-8,18H,6,15H2,1H3,(H,16,17). The molecule has 2 aromatic rings. The number of sulfonamides is 1. The number of H-pyrrole nitrogens is 1. The van der Waals surface area contributed by atoms with E-state index in [0.717, 1.165) is 0 Å². The van der Waals surface area contributed by atoms with Gasteiger partial charge >= 0.3 is 0 Å². The molecular formula is C13H13ClN4O2S. The van der Waals surface area contributed by atoms with Crippen LogP contribution in [0.15, 0.2) is 29.4 Å². The lowest BCUT2D eigenvalue weighted by molar-refractivity contribution is 0.598. The van der Waals surface area contributed by atoms with Crippen LogP contribution in [0.25, 0.3) is 0 Å². The van der Waals surface area contributed by atoms with E-state index in [1.54, 1.807) is 25.1 Å². The third-order valence-corrected chi connectivity index (χ3v) is 4.13. The molecule has 0 aliphatic rings. The van der Waals surface area contributed by atoms with Crippen molar-refractivity contribution in [1.29, 1.82) is 0 Å². The molecule has 0 fully saturated rings. The van der Waals surface area contributed by atoms with Crippen molar-refractivity contribution in [3.05, 3.63) is 40.8 Å². The Morgan fingerprint density at radius 2 is 2.24 bits per heavy atom. The van der Waals surface area contributed by atoms with Gasteiger partial charge in [-0.25, -0.2) is 4.98 Å². The molecule has 4 N–H and O–H groups in total. The molecule has 0 aliphatic carbocycles. The third-order valence-electron chi connectivity index (χ3n) is 2.51. The maximum Gasteiger partial charge on any atom is 0.278 e. The molecule has 1 aromatic carbocycles. The highest BCUT2D eigenvalue weighted by molar-refractivity contribution is 7.92. The Morgan fingerprint density at radius 3 is 2.86 bits per heavy atom. The van der Waals surface area contributed by atoms with E-state index >= 15 is 0 Å². The third kappa shape index (κ3) is 3.76. The number of halogens is 1. The molecule has 6 nitrogen and oxygen atoms in total. The molecule has 0 spiro atoms. The Kier molecular flexibility index (Phi) is 4.53. The van der Waals surface area contributed by atoms with Crippen LogP contribution in [0.4, 0.5) is 5.69 Å². The van der Waals surface area contributed by atoms with Crippen molar-refractivity contribution in [1.82, 2.24) is 9.97 Å². The number of nitrogens with two attached hydrogens (primary N) is 1. The molecule has 0 unspecified atom stereocenters. The maximum atomic E-state index is 12.2. The summed E-state index contributed by atoms with van der Waals surface area (Å²) in [5.41, 5.74) is 6.16. The van der Waals surface area contributed by atoms with Gasteiger partial charge in [0.05, 0.1) is 23.5 Å². The zero-order valence-corrected chi connectivity index (χ0v) is 12.7. The maximum absolute atomic E-state index is 12.2. The smallest absolute Gasteiger partial charge is 0.278 e. The second-order valence-electron chi connectivity index (χ2n) is 4.14. The number of hydrogen-bond acceptors (Lipinski definition) is 4. The molecule has 0 bridgehead atoms. The summed E-state index contributed by atoms with van der Waals surface area (Å²) in [5, 5.41) is 0.417. The summed E-state index contributed by atoms with van der Waals surface area (Å²) >= 11 is 5.99. The summed E-state index contributed by atoms with van der Waals surface area (Å²) in [5.74, 6) is 5.97. The van der Waals surface area contributed by atoms with Gasteiger partial charge in [0.25, 0.3) is 10.0 Å². The minimum atomic E-state index is -3.73. The Labute approximate surface area is 127 Å². The van der Waals surface area contributed by atoms with Gasteiger partial charge in [0, 0.05) is 5.56 Å². The molecule has 110 valence electrons. The van der Waals surface area contributed by atoms with Crippen LogP contribution in [0, 0.1) is 18.8 Å². The van der Waals surface area contributed by atoms with Gasteiger partial charge in [-0.3, -0.25) is 4.72 Å². The first-order chi connectivity index (χ1) is 9.92. The van der Waals surface area contributed by atoms with Crippen LogP contribution in [0.3, 0.4) is 0 Å². The van der Waals surface area contributed by atoms with Crippen molar-refractivity contribution >= 4 is 27.3 Å². The van der Waals surface area contributed by atoms with Gasteiger partial charge in [-0.15, -0.1) is 0 Å². The van der Waals surface area contributed by atoms with Crippen LogP contribution < -0.4 is 10.5 Å². The summed E-state index contributed by atoms with van der Waals surface area (Å²) in [7, 11) is -3.73. The van der Waals surface area contributed by atoms with Crippen molar-refractivity contribution in [3.63, 3.8) is 0 Å². The quantitative estimate of drug-likeness (QED) is 0.744. The average molecular weight is 325 g/mol. The Morgan fingerprint density at radius 1 is 1.48 bits per heavy atom. The van der Waals surface area contributed by atoms with Crippen molar-refractivity contribution in [2.24, 2.45) is 5.73 Å². The molecule has 0 saturated carbocycles. The topological polar surface area (TPSA) is 101 Å². The van der Waals surface area contributed by atoms with E-state index < -0.39 is 10.0 Å². The van der Waals surface area contributed by atoms with Crippen LogP contribution in [0.5, 0.6) is 0 Å². The Bertz CT molecular complexity index is 818. The number of nitrogens with one attached hydrogen (secondary N) is 2. The number of aromatic amines is 1. The highest BCUT2D eigenvalue weighted by Crippen LogP contribution is 2.21. The van der Waals surface area contributed by atoms with E-state index in [1.807, 2.05) is 0 Å². The summed E-state index contributed by atoms with van der Waals surface area (Å²) in [6, 6.07) is 4.67. The number of hydrogen-bond donors (Lipinski definition) is 3. The van der Waals surface area contributed by atoms with Crippen LogP contribution in [-0.4, -0.2) is 24.9 Å². The van der Waals surface area contributed by atoms with Gasteiger partial charge < -0.3 is 10.7 Å². The summed E-state index contributed by atoms with van der Waals surface area (Å²) in [6.45, 7) is 1.86. The molecule has 2 rings (SSSR count). The van der Waals surface area contributed by atoms with Crippen LogP contribution >= 0.6 is 11.6 Å². The fourth-order valence-electron chi connectivity index (χ4n) is 1.58. The second kappa shape index (κ2) is 6.18. The summed E-state index contributed by atoms with van der Waals surface area (Å²) in [4.78, 5) is 6.53. The Balaban J connectivity index is 2.31. The molecule has 1 heterocycles. The predicted molar refractivity (Wildman–Crippen MR) is 81.5 cm³/mol. The van der Waals surface area contributed by atoms with Gasteiger partial charge in [0.1, 0.15) is 5.82 Å². The number of nitrogens with zero attached hydrogens (tertiary/aromatic N) is 1. The zero-order valence-electron chi connectivity index (χ0n) is 11.1. The monoisotopic (exact) mass is 324 g/mol. The minimum Gasteiger partial charge on any atom is -0.332 e. The molecule has 8 heteroatoms. The lowest BCUT2D eigenvalue weighted by Crippen LogP contribution is -2.13. The molecular weight excluding hydrogens is 312 g/mol. The first-order valence-electron chi connectivity index (χ1n) is 5.95. The average Bonchev–Trinajstić information content (AvgIpc) is 2.86. The molecule has 0 radical (unpaired) electrons. The van der Waals surface area contributed by atoms with Gasteiger partial charge in [0.2, 0.25) is 0 Å².